The van der Waals surface area contributed by atoms with Crippen LogP contribution in [0.25, 0.3) is 6.08 Å². The Hall–Kier alpha value is -3.19. The van der Waals surface area contributed by atoms with Gasteiger partial charge in [-0.15, -0.1) is 0 Å². The summed E-state index contributed by atoms with van der Waals surface area (Å²) in [5.41, 5.74) is 1.09. The maximum atomic E-state index is 12.3. The van der Waals surface area contributed by atoms with Gasteiger partial charge in [-0.25, -0.2) is 4.79 Å². The van der Waals surface area contributed by atoms with Crippen LogP contribution in [0.4, 0.5) is 5.69 Å². The van der Waals surface area contributed by atoms with Crippen molar-refractivity contribution in [3.05, 3.63) is 53.1 Å². The number of methoxy groups -OCH3 is 3. The van der Waals surface area contributed by atoms with Crippen LogP contribution in [0.3, 0.4) is 0 Å². The van der Waals surface area contributed by atoms with Crippen LogP contribution >= 0.6 is 11.6 Å². The maximum Gasteiger partial charge on any atom is 0.331 e. The van der Waals surface area contributed by atoms with E-state index in [0.29, 0.717) is 33.5 Å². The summed E-state index contributed by atoms with van der Waals surface area (Å²) in [5, 5.41) is 3.06. The van der Waals surface area contributed by atoms with Crippen LogP contribution in [-0.4, -0.2) is 39.3 Å². The number of rotatable bonds is 8. The van der Waals surface area contributed by atoms with Crippen LogP contribution in [0.2, 0.25) is 5.02 Å². The molecule has 0 heterocycles. The molecule has 7 nitrogen and oxygen atoms in total. The van der Waals surface area contributed by atoms with Gasteiger partial charge in [0.05, 0.1) is 27.0 Å². The lowest BCUT2D eigenvalue weighted by atomic mass is 10.2. The van der Waals surface area contributed by atoms with Gasteiger partial charge in [0.1, 0.15) is 5.75 Å². The van der Waals surface area contributed by atoms with Crippen molar-refractivity contribution in [3.63, 3.8) is 0 Å². The molecule has 0 aliphatic rings. The molecule has 0 saturated heterocycles. The molecule has 1 N–H and O–H groups in total. The molecule has 1 atom stereocenters. The van der Waals surface area contributed by atoms with E-state index in [0.717, 1.165) is 0 Å². The molecule has 0 unspecified atom stereocenters. The largest absolute Gasteiger partial charge is 0.495 e. The number of ether oxygens (including phenoxy) is 4. The number of carbonyl (C=O) groups is 2. The van der Waals surface area contributed by atoms with Crippen LogP contribution in [0.5, 0.6) is 17.2 Å². The number of amides is 1. The summed E-state index contributed by atoms with van der Waals surface area (Å²) in [7, 11) is 4.53. The lowest BCUT2D eigenvalue weighted by Gasteiger charge is -2.14. The minimum atomic E-state index is -1.03. The van der Waals surface area contributed by atoms with E-state index in [1.165, 1.54) is 34.3 Å². The molecule has 1 amide bonds. The average Bonchev–Trinajstić information content (AvgIpc) is 2.72. The lowest BCUT2D eigenvalue weighted by Crippen LogP contribution is -2.29. The fraction of sp³-hybridized carbons (Fsp3) is 0.238. The summed E-state index contributed by atoms with van der Waals surface area (Å²) in [6.07, 6.45) is 1.75. The Balaban J connectivity index is 1.99. The molecule has 0 radical (unpaired) electrons. The summed E-state index contributed by atoms with van der Waals surface area (Å²) in [6, 6.07) is 10.00. The Morgan fingerprint density at radius 1 is 0.966 bits per heavy atom. The van der Waals surface area contributed by atoms with Gasteiger partial charge >= 0.3 is 5.97 Å². The number of halogens is 1. The Morgan fingerprint density at radius 2 is 1.62 bits per heavy atom. The molecule has 0 aromatic heterocycles. The van der Waals surface area contributed by atoms with Crippen molar-refractivity contribution in [2.75, 3.05) is 26.6 Å². The van der Waals surface area contributed by atoms with Crippen molar-refractivity contribution >= 4 is 35.2 Å². The highest BCUT2D eigenvalue weighted by Crippen LogP contribution is 2.29. The highest BCUT2D eigenvalue weighted by atomic mass is 35.5. The Labute approximate surface area is 174 Å². The third kappa shape index (κ3) is 6.15. The second-order valence-electron chi connectivity index (χ2n) is 5.86. The minimum absolute atomic E-state index is 0.383. The van der Waals surface area contributed by atoms with Crippen LogP contribution in [0.1, 0.15) is 12.5 Å². The second-order valence-corrected chi connectivity index (χ2v) is 6.30. The van der Waals surface area contributed by atoms with Crippen molar-refractivity contribution in [3.8, 4) is 17.2 Å². The first-order chi connectivity index (χ1) is 13.9. The molecule has 0 spiro atoms. The quantitative estimate of drug-likeness (QED) is 0.515. The van der Waals surface area contributed by atoms with Crippen LogP contribution in [0.15, 0.2) is 42.5 Å². The van der Waals surface area contributed by atoms with Crippen molar-refractivity contribution in [1.82, 2.24) is 0 Å². The molecular formula is C21H22ClNO6. The van der Waals surface area contributed by atoms with E-state index in [1.54, 1.807) is 42.5 Å². The van der Waals surface area contributed by atoms with E-state index in [9.17, 15) is 9.59 Å². The number of esters is 1. The molecule has 0 bridgehead atoms. The third-order valence-corrected chi connectivity index (χ3v) is 4.14. The fourth-order valence-electron chi connectivity index (χ4n) is 2.40. The van der Waals surface area contributed by atoms with Gasteiger partial charge < -0.3 is 24.3 Å². The highest BCUT2D eigenvalue weighted by molar-refractivity contribution is 6.31. The van der Waals surface area contributed by atoms with Gasteiger partial charge in [-0.05, 0) is 48.9 Å². The zero-order valence-electron chi connectivity index (χ0n) is 16.5. The highest BCUT2D eigenvalue weighted by Gasteiger charge is 2.18. The molecule has 2 rings (SSSR count). The summed E-state index contributed by atoms with van der Waals surface area (Å²) >= 11 is 5.94. The molecular weight excluding hydrogens is 398 g/mol. The first-order valence-electron chi connectivity index (χ1n) is 8.63. The monoisotopic (exact) mass is 419 g/mol. The van der Waals surface area contributed by atoms with Gasteiger partial charge in [-0.1, -0.05) is 17.7 Å². The molecule has 0 aliphatic heterocycles. The number of carbonyl (C=O) groups excluding carboxylic acids is 2. The number of anilines is 1. The zero-order chi connectivity index (χ0) is 21.4. The molecule has 2 aromatic rings. The molecule has 8 heteroatoms. The van der Waals surface area contributed by atoms with E-state index in [4.69, 9.17) is 30.5 Å². The standard InChI is InChI=1S/C21H22ClNO6/c1-13(21(25)23-16-12-15(22)7-9-17(16)26-2)29-20(24)10-6-14-5-8-18(27-3)19(11-14)28-4/h5-13H,1-4H3,(H,23,25)/b10-6+/t13-/m1/s1. The Morgan fingerprint density at radius 3 is 2.28 bits per heavy atom. The van der Waals surface area contributed by atoms with Gasteiger partial charge in [0.15, 0.2) is 17.6 Å². The Bertz CT molecular complexity index is 912. The fourth-order valence-corrected chi connectivity index (χ4v) is 2.57. The van der Waals surface area contributed by atoms with E-state index in [2.05, 4.69) is 5.32 Å². The number of benzene rings is 2. The number of nitrogens with one attached hydrogen (secondary N) is 1. The minimum Gasteiger partial charge on any atom is -0.495 e. The number of hydrogen-bond acceptors (Lipinski definition) is 6. The molecule has 0 saturated carbocycles. The van der Waals surface area contributed by atoms with Gasteiger partial charge in [0.2, 0.25) is 0 Å². The van der Waals surface area contributed by atoms with Crippen molar-refractivity contribution in [2.24, 2.45) is 0 Å². The molecule has 154 valence electrons. The molecule has 0 aliphatic carbocycles. The van der Waals surface area contributed by atoms with Crippen molar-refractivity contribution in [2.45, 2.75) is 13.0 Å². The smallest absolute Gasteiger partial charge is 0.331 e. The van der Waals surface area contributed by atoms with E-state index in [1.807, 2.05) is 0 Å². The van der Waals surface area contributed by atoms with Gasteiger partial charge in [0, 0.05) is 11.1 Å². The zero-order valence-corrected chi connectivity index (χ0v) is 17.3. The van der Waals surface area contributed by atoms with Crippen molar-refractivity contribution < 1.29 is 28.5 Å². The van der Waals surface area contributed by atoms with E-state index in [-0.39, 0.29) is 0 Å². The van der Waals surface area contributed by atoms with E-state index < -0.39 is 18.0 Å². The summed E-state index contributed by atoms with van der Waals surface area (Å²) < 4.78 is 20.7. The third-order valence-electron chi connectivity index (χ3n) is 3.90. The van der Waals surface area contributed by atoms with Gasteiger partial charge in [-0.3, -0.25) is 4.79 Å². The lowest BCUT2D eigenvalue weighted by molar-refractivity contribution is -0.148. The van der Waals surface area contributed by atoms with E-state index >= 15 is 0 Å². The molecule has 0 fully saturated rings. The summed E-state index contributed by atoms with van der Waals surface area (Å²) in [5.74, 6) is 0.369. The van der Waals surface area contributed by atoms with Crippen LogP contribution in [0, 0.1) is 0 Å². The maximum absolute atomic E-state index is 12.3. The van der Waals surface area contributed by atoms with Crippen LogP contribution in [-0.2, 0) is 14.3 Å². The molecule has 2 aromatic carbocycles. The predicted octanol–water partition coefficient (Wildman–Crippen LogP) is 3.95. The first kappa shape index (κ1) is 22.1. The van der Waals surface area contributed by atoms with Gasteiger partial charge in [0.25, 0.3) is 5.91 Å². The number of hydrogen-bond donors (Lipinski definition) is 1. The van der Waals surface area contributed by atoms with Crippen molar-refractivity contribution in [1.29, 1.82) is 0 Å². The topological polar surface area (TPSA) is 83.1 Å². The summed E-state index contributed by atoms with van der Waals surface area (Å²) in [4.78, 5) is 24.4. The second kappa shape index (κ2) is 10.4. The predicted molar refractivity (Wildman–Crippen MR) is 111 cm³/mol. The first-order valence-corrected chi connectivity index (χ1v) is 9.00. The SMILES string of the molecule is COc1ccc(Cl)cc1NC(=O)[C@@H](C)OC(=O)/C=C/c1ccc(OC)c(OC)c1. The average molecular weight is 420 g/mol. The van der Waals surface area contributed by atoms with Gasteiger partial charge in [-0.2, -0.15) is 0 Å². The normalized spacial score (nSPS) is 11.6. The Kier molecular flexibility index (Phi) is 7.91. The summed E-state index contributed by atoms with van der Waals surface area (Å²) in [6.45, 7) is 1.47. The van der Waals surface area contributed by atoms with Crippen LogP contribution < -0.4 is 19.5 Å². The molecule has 29 heavy (non-hydrogen) atoms.